The van der Waals surface area contributed by atoms with Crippen LogP contribution in [0.15, 0.2) is 46.9 Å². The SMILES string of the molecule is CCCOc1cccc2cc3c(Br)ccc(OCCC)c3cc12. The lowest BCUT2D eigenvalue weighted by Gasteiger charge is -2.13. The molecule has 2 nitrogen and oxygen atoms in total. The van der Waals surface area contributed by atoms with Crippen molar-refractivity contribution < 1.29 is 9.47 Å². The van der Waals surface area contributed by atoms with Gasteiger partial charge in [0.05, 0.1) is 13.2 Å². The van der Waals surface area contributed by atoms with Crippen LogP contribution in [0.2, 0.25) is 0 Å². The molecule has 120 valence electrons. The number of hydrogen-bond acceptors (Lipinski definition) is 2. The van der Waals surface area contributed by atoms with Crippen molar-refractivity contribution in [1.29, 1.82) is 0 Å². The van der Waals surface area contributed by atoms with Gasteiger partial charge in [0.25, 0.3) is 0 Å². The zero-order valence-electron chi connectivity index (χ0n) is 13.6. The molecule has 0 fully saturated rings. The molecular formula is C20H21BrO2. The summed E-state index contributed by atoms with van der Waals surface area (Å²) in [5.74, 6) is 1.87. The van der Waals surface area contributed by atoms with Crippen LogP contribution in [0.4, 0.5) is 0 Å². The molecule has 23 heavy (non-hydrogen) atoms. The fourth-order valence-corrected chi connectivity index (χ4v) is 3.16. The number of benzene rings is 3. The second-order valence-electron chi connectivity index (χ2n) is 5.62. The van der Waals surface area contributed by atoms with Crippen LogP contribution < -0.4 is 9.47 Å². The van der Waals surface area contributed by atoms with Gasteiger partial charge in [-0.3, -0.25) is 0 Å². The van der Waals surface area contributed by atoms with E-state index in [-0.39, 0.29) is 0 Å². The van der Waals surface area contributed by atoms with E-state index in [9.17, 15) is 0 Å². The average Bonchev–Trinajstić information content (AvgIpc) is 2.58. The molecule has 0 heterocycles. The first kappa shape index (κ1) is 16.1. The minimum absolute atomic E-state index is 0.725. The third-order valence-electron chi connectivity index (χ3n) is 3.81. The molecule has 3 heteroatoms. The van der Waals surface area contributed by atoms with E-state index >= 15 is 0 Å². The van der Waals surface area contributed by atoms with Crippen molar-refractivity contribution in [1.82, 2.24) is 0 Å². The third kappa shape index (κ3) is 3.30. The number of rotatable bonds is 6. The van der Waals surface area contributed by atoms with Crippen LogP contribution in [0, 0.1) is 0 Å². The monoisotopic (exact) mass is 372 g/mol. The largest absolute Gasteiger partial charge is 0.493 e. The van der Waals surface area contributed by atoms with E-state index < -0.39 is 0 Å². The van der Waals surface area contributed by atoms with Gasteiger partial charge in [-0.1, -0.05) is 41.9 Å². The lowest BCUT2D eigenvalue weighted by molar-refractivity contribution is 0.320. The van der Waals surface area contributed by atoms with Crippen LogP contribution in [0.5, 0.6) is 11.5 Å². The summed E-state index contributed by atoms with van der Waals surface area (Å²) >= 11 is 3.66. The van der Waals surface area contributed by atoms with Gasteiger partial charge < -0.3 is 9.47 Å². The van der Waals surface area contributed by atoms with Crippen LogP contribution in [0.25, 0.3) is 21.5 Å². The highest BCUT2D eigenvalue weighted by molar-refractivity contribution is 9.10. The Bertz CT molecular complexity index is 827. The van der Waals surface area contributed by atoms with Gasteiger partial charge in [0, 0.05) is 20.6 Å². The van der Waals surface area contributed by atoms with Crippen LogP contribution in [-0.2, 0) is 0 Å². The second kappa shape index (κ2) is 7.22. The Morgan fingerprint density at radius 2 is 1.48 bits per heavy atom. The van der Waals surface area contributed by atoms with E-state index in [4.69, 9.17) is 9.47 Å². The molecule has 0 unspecified atom stereocenters. The Morgan fingerprint density at radius 3 is 2.17 bits per heavy atom. The molecule has 0 atom stereocenters. The van der Waals surface area contributed by atoms with Crippen molar-refractivity contribution in [3.8, 4) is 11.5 Å². The smallest absolute Gasteiger partial charge is 0.127 e. The standard InChI is InChI=1S/C20H21BrO2/c1-3-10-22-19-7-5-6-14-12-16-17(13-15(14)19)20(23-11-4-2)9-8-18(16)21/h5-9,12-13H,3-4,10-11H2,1-2H3. The van der Waals surface area contributed by atoms with Crippen LogP contribution in [0.1, 0.15) is 26.7 Å². The maximum Gasteiger partial charge on any atom is 0.127 e. The molecule has 0 radical (unpaired) electrons. The van der Waals surface area contributed by atoms with Crippen molar-refractivity contribution in [2.45, 2.75) is 26.7 Å². The summed E-state index contributed by atoms with van der Waals surface area (Å²) in [6.07, 6.45) is 2.00. The van der Waals surface area contributed by atoms with Gasteiger partial charge in [0.1, 0.15) is 11.5 Å². The van der Waals surface area contributed by atoms with Crippen LogP contribution in [0.3, 0.4) is 0 Å². The molecule has 3 aromatic carbocycles. The number of hydrogen-bond donors (Lipinski definition) is 0. The summed E-state index contributed by atoms with van der Waals surface area (Å²) in [5, 5.41) is 4.60. The Balaban J connectivity index is 2.21. The van der Waals surface area contributed by atoms with Crippen molar-refractivity contribution in [2.24, 2.45) is 0 Å². The van der Waals surface area contributed by atoms with E-state index in [1.807, 2.05) is 18.2 Å². The minimum Gasteiger partial charge on any atom is -0.493 e. The highest BCUT2D eigenvalue weighted by Crippen LogP contribution is 2.37. The first-order chi connectivity index (χ1) is 11.2. The predicted octanol–water partition coefficient (Wildman–Crippen LogP) is 6.33. The first-order valence-electron chi connectivity index (χ1n) is 8.15. The van der Waals surface area contributed by atoms with E-state index in [2.05, 4.69) is 54.0 Å². The second-order valence-corrected chi connectivity index (χ2v) is 6.47. The van der Waals surface area contributed by atoms with Crippen LogP contribution in [-0.4, -0.2) is 13.2 Å². The summed E-state index contributed by atoms with van der Waals surface area (Å²) in [4.78, 5) is 0. The quantitative estimate of drug-likeness (QED) is 0.470. The van der Waals surface area contributed by atoms with Gasteiger partial charge >= 0.3 is 0 Å². The van der Waals surface area contributed by atoms with Gasteiger partial charge in [-0.25, -0.2) is 0 Å². The van der Waals surface area contributed by atoms with Crippen molar-refractivity contribution in [2.75, 3.05) is 13.2 Å². The molecule has 0 aliphatic carbocycles. The zero-order chi connectivity index (χ0) is 16.2. The molecule has 0 saturated carbocycles. The van der Waals surface area contributed by atoms with Crippen molar-refractivity contribution in [3.05, 3.63) is 46.9 Å². The van der Waals surface area contributed by atoms with E-state index in [1.54, 1.807) is 0 Å². The topological polar surface area (TPSA) is 18.5 Å². The number of fused-ring (bicyclic) bond motifs is 2. The van der Waals surface area contributed by atoms with Gasteiger partial charge in [0.15, 0.2) is 0 Å². The molecular weight excluding hydrogens is 352 g/mol. The fraction of sp³-hybridized carbons (Fsp3) is 0.300. The summed E-state index contributed by atoms with van der Waals surface area (Å²) in [5.41, 5.74) is 0. The maximum absolute atomic E-state index is 5.93. The molecule has 0 aromatic heterocycles. The lowest BCUT2D eigenvalue weighted by Crippen LogP contribution is -1.97. The molecule has 0 spiro atoms. The first-order valence-corrected chi connectivity index (χ1v) is 8.94. The van der Waals surface area contributed by atoms with Gasteiger partial charge in [-0.15, -0.1) is 0 Å². The predicted molar refractivity (Wildman–Crippen MR) is 101 cm³/mol. The maximum atomic E-state index is 5.93. The Labute approximate surface area is 145 Å². The number of halogens is 1. The van der Waals surface area contributed by atoms with Crippen molar-refractivity contribution >= 4 is 37.5 Å². The summed E-state index contributed by atoms with van der Waals surface area (Å²) < 4.78 is 12.9. The third-order valence-corrected chi connectivity index (χ3v) is 4.50. The molecule has 0 aliphatic rings. The van der Waals surface area contributed by atoms with Gasteiger partial charge in [-0.05, 0) is 48.6 Å². The van der Waals surface area contributed by atoms with Crippen molar-refractivity contribution in [3.63, 3.8) is 0 Å². The molecule has 0 N–H and O–H groups in total. The summed E-state index contributed by atoms with van der Waals surface area (Å²) in [6, 6.07) is 14.7. The van der Waals surface area contributed by atoms with E-state index in [0.29, 0.717) is 0 Å². The Morgan fingerprint density at radius 1 is 0.783 bits per heavy atom. The molecule has 0 amide bonds. The van der Waals surface area contributed by atoms with E-state index in [0.717, 1.165) is 52.8 Å². The van der Waals surface area contributed by atoms with E-state index in [1.165, 1.54) is 10.8 Å². The molecule has 0 bridgehead atoms. The molecule has 3 aromatic rings. The fourth-order valence-electron chi connectivity index (χ4n) is 2.70. The molecule has 3 rings (SSSR count). The summed E-state index contributed by atoms with van der Waals surface area (Å²) in [7, 11) is 0. The number of ether oxygens (including phenoxy) is 2. The zero-order valence-corrected chi connectivity index (χ0v) is 15.2. The Hall–Kier alpha value is -1.74. The average molecular weight is 373 g/mol. The molecule has 0 saturated heterocycles. The Kier molecular flexibility index (Phi) is 5.06. The highest BCUT2D eigenvalue weighted by Gasteiger charge is 2.10. The van der Waals surface area contributed by atoms with Gasteiger partial charge in [0.2, 0.25) is 0 Å². The highest BCUT2D eigenvalue weighted by atomic mass is 79.9. The summed E-state index contributed by atoms with van der Waals surface area (Å²) in [6.45, 7) is 5.69. The van der Waals surface area contributed by atoms with Crippen LogP contribution >= 0.6 is 15.9 Å². The van der Waals surface area contributed by atoms with Gasteiger partial charge in [-0.2, -0.15) is 0 Å². The normalized spacial score (nSPS) is 11.1. The molecule has 0 aliphatic heterocycles. The minimum atomic E-state index is 0.725. The lowest BCUT2D eigenvalue weighted by atomic mass is 10.0.